The highest BCUT2D eigenvalue weighted by Gasteiger charge is 2.33. The van der Waals surface area contributed by atoms with Crippen molar-refractivity contribution in [1.82, 2.24) is 4.90 Å². The first-order valence-electron chi connectivity index (χ1n) is 9.13. The van der Waals surface area contributed by atoms with Crippen LogP contribution in [0.5, 0.6) is 0 Å². The Balaban J connectivity index is 1.44. The SMILES string of the molecule is O=C(CSC[C@H]1CCCO1)N1C[C@H]2CCCN2Cc2ccccc21. The smallest absolute Gasteiger partial charge is 0.237 e. The average molecular weight is 346 g/mol. The number of carbonyl (C=O) groups excluding carboxylic acids is 1. The van der Waals surface area contributed by atoms with Crippen LogP contribution in [0.3, 0.4) is 0 Å². The average Bonchev–Trinajstić information content (AvgIpc) is 3.23. The number of carbonyl (C=O) groups is 1. The number of anilines is 1. The lowest BCUT2D eigenvalue weighted by Crippen LogP contribution is -2.41. The van der Waals surface area contributed by atoms with Gasteiger partial charge >= 0.3 is 0 Å². The number of ether oxygens (including phenoxy) is 1. The normalized spacial score (nSPS) is 26.9. The third kappa shape index (κ3) is 3.48. The fraction of sp³-hybridized carbons (Fsp3) is 0.632. The fourth-order valence-corrected chi connectivity index (χ4v) is 5.09. The quantitative estimate of drug-likeness (QED) is 0.839. The summed E-state index contributed by atoms with van der Waals surface area (Å²) >= 11 is 1.73. The number of rotatable bonds is 4. The number of thioether (sulfide) groups is 1. The van der Waals surface area contributed by atoms with Crippen LogP contribution >= 0.6 is 11.8 Å². The molecule has 3 aliphatic heterocycles. The van der Waals surface area contributed by atoms with Gasteiger partial charge < -0.3 is 9.64 Å². The molecule has 3 aliphatic rings. The summed E-state index contributed by atoms with van der Waals surface area (Å²) in [5, 5.41) is 0. The van der Waals surface area contributed by atoms with E-state index in [9.17, 15) is 4.79 Å². The van der Waals surface area contributed by atoms with Gasteiger partial charge in [-0.2, -0.15) is 0 Å². The zero-order valence-corrected chi connectivity index (χ0v) is 15.0. The van der Waals surface area contributed by atoms with E-state index in [0.717, 1.165) is 50.5 Å². The topological polar surface area (TPSA) is 32.8 Å². The van der Waals surface area contributed by atoms with Crippen molar-refractivity contribution in [3.05, 3.63) is 29.8 Å². The highest BCUT2D eigenvalue weighted by molar-refractivity contribution is 8.00. The van der Waals surface area contributed by atoms with Gasteiger partial charge in [-0.25, -0.2) is 0 Å². The molecule has 0 bridgehead atoms. The molecule has 0 spiro atoms. The van der Waals surface area contributed by atoms with E-state index < -0.39 is 0 Å². The van der Waals surface area contributed by atoms with Crippen LogP contribution in [-0.4, -0.2) is 54.2 Å². The van der Waals surface area contributed by atoms with Crippen LogP contribution in [0, 0.1) is 0 Å². The van der Waals surface area contributed by atoms with Gasteiger partial charge in [-0.3, -0.25) is 9.69 Å². The second kappa shape index (κ2) is 7.46. The van der Waals surface area contributed by atoms with E-state index in [-0.39, 0.29) is 5.91 Å². The van der Waals surface area contributed by atoms with E-state index in [1.54, 1.807) is 11.8 Å². The second-order valence-corrected chi connectivity index (χ2v) is 8.08. The minimum absolute atomic E-state index is 0.249. The van der Waals surface area contributed by atoms with Crippen LogP contribution < -0.4 is 4.90 Å². The van der Waals surface area contributed by atoms with Crippen LogP contribution in [0.4, 0.5) is 5.69 Å². The molecule has 4 nitrogen and oxygen atoms in total. The lowest BCUT2D eigenvalue weighted by Gasteiger charge is -2.26. The molecule has 130 valence electrons. The number of fused-ring (bicyclic) bond motifs is 2. The van der Waals surface area contributed by atoms with Crippen molar-refractivity contribution in [2.24, 2.45) is 0 Å². The number of benzene rings is 1. The Kier molecular flexibility index (Phi) is 5.11. The first-order chi connectivity index (χ1) is 11.8. The molecule has 2 saturated heterocycles. The summed E-state index contributed by atoms with van der Waals surface area (Å²) in [6.45, 7) is 3.87. The molecule has 0 radical (unpaired) electrons. The molecule has 5 heteroatoms. The van der Waals surface area contributed by atoms with Crippen LogP contribution in [0.15, 0.2) is 24.3 Å². The molecule has 3 heterocycles. The zero-order chi connectivity index (χ0) is 16.4. The van der Waals surface area contributed by atoms with Gasteiger partial charge in [0.15, 0.2) is 0 Å². The molecule has 0 saturated carbocycles. The molecular weight excluding hydrogens is 320 g/mol. The van der Waals surface area contributed by atoms with Crippen molar-refractivity contribution in [2.75, 3.05) is 36.1 Å². The van der Waals surface area contributed by atoms with Gasteiger partial charge in [0.1, 0.15) is 0 Å². The standard InChI is InChI=1S/C19H26N2O2S/c22-19(14-24-13-17-7-4-10-23-17)21-12-16-6-3-9-20(16)11-15-5-1-2-8-18(15)21/h1-2,5,8,16-17H,3-4,6-7,9-14H2/t16-,17-/m1/s1. The van der Waals surface area contributed by atoms with E-state index in [2.05, 4.69) is 29.2 Å². The van der Waals surface area contributed by atoms with E-state index in [4.69, 9.17) is 4.74 Å². The fourth-order valence-electron chi connectivity index (χ4n) is 4.11. The molecule has 0 aromatic heterocycles. The summed E-state index contributed by atoms with van der Waals surface area (Å²) in [6, 6.07) is 8.94. The number of para-hydroxylation sites is 1. The molecule has 4 rings (SSSR count). The van der Waals surface area contributed by atoms with Crippen molar-refractivity contribution in [2.45, 2.75) is 44.4 Å². The number of nitrogens with zero attached hydrogens (tertiary/aromatic N) is 2. The lowest BCUT2D eigenvalue weighted by atomic mass is 10.1. The maximum absolute atomic E-state index is 12.9. The van der Waals surface area contributed by atoms with Crippen molar-refractivity contribution in [3.8, 4) is 0 Å². The minimum Gasteiger partial charge on any atom is -0.377 e. The van der Waals surface area contributed by atoms with E-state index in [1.807, 2.05) is 4.90 Å². The summed E-state index contributed by atoms with van der Waals surface area (Å²) in [5.74, 6) is 1.75. The highest BCUT2D eigenvalue weighted by atomic mass is 32.2. The molecule has 0 unspecified atom stereocenters. The van der Waals surface area contributed by atoms with E-state index >= 15 is 0 Å². The summed E-state index contributed by atoms with van der Waals surface area (Å²) in [7, 11) is 0. The highest BCUT2D eigenvalue weighted by Crippen LogP contribution is 2.32. The van der Waals surface area contributed by atoms with Crippen molar-refractivity contribution < 1.29 is 9.53 Å². The van der Waals surface area contributed by atoms with Gasteiger partial charge in [0.2, 0.25) is 5.91 Å². The Labute approximate surface area is 148 Å². The molecule has 1 amide bonds. The summed E-state index contributed by atoms with van der Waals surface area (Å²) in [6.07, 6.45) is 5.12. The molecule has 24 heavy (non-hydrogen) atoms. The number of hydrogen-bond acceptors (Lipinski definition) is 4. The van der Waals surface area contributed by atoms with Gasteiger partial charge in [0.05, 0.1) is 11.9 Å². The Morgan fingerprint density at radius 2 is 2.17 bits per heavy atom. The maximum Gasteiger partial charge on any atom is 0.237 e. The number of amides is 1. The van der Waals surface area contributed by atoms with Gasteiger partial charge in [-0.05, 0) is 43.9 Å². The first-order valence-corrected chi connectivity index (χ1v) is 10.3. The predicted molar refractivity (Wildman–Crippen MR) is 98.5 cm³/mol. The minimum atomic E-state index is 0.249. The van der Waals surface area contributed by atoms with Gasteiger partial charge in [0, 0.05) is 37.2 Å². The Bertz CT molecular complexity index is 588. The van der Waals surface area contributed by atoms with Crippen LogP contribution in [0.25, 0.3) is 0 Å². The molecule has 0 N–H and O–H groups in total. The Morgan fingerprint density at radius 1 is 1.25 bits per heavy atom. The molecular formula is C19H26N2O2S. The van der Waals surface area contributed by atoms with Crippen LogP contribution in [-0.2, 0) is 16.1 Å². The Hall–Kier alpha value is -1.04. The van der Waals surface area contributed by atoms with Gasteiger partial charge in [-0.15, -0.1) is 11.8 Å². The van der Waals surface area contributed by atoms with Crippen LogP contribution in [0.1, 0.15) is 31.2 Å². The van der Waals surface area contributed by atoms with Crippen molar-refractivity contribution >= 4 is 23.4 Å². The monoisotopic (exact) mass is 346 g/mol. The van der Waals surface area contributed by atoms with E-state index in [1.165, 1.54) is 18.4 Å². The zero-order valence-electron chi connectivity index (χ0n) is 14.2. The van der Waals surface area contributed by atoms with Gasteiger partial charge in [-0.1, -0.05) is 18.2 Å². The first kappa shape index (κ1) is 16.4. The number of hydrogen-bond donors (Lipinski definition) is 0. The third-order valence-electron chi connectivity index (χ3n) is 5.40. The molecule has 2 atom stereocenters. The van der Waals surface area contributed by atoms with Crippen molar-refractivity contribution in [1.29, 1.82) is 0 Å². The van der Waals surface area contributed by atoms with Gasteiger partial charge in [0.25, 0.3) is 0 Å². The molecule has 1 aromatic rings. The maximum atomic E-state index is 12.9. The van der Waals surface area contributed by atoms with Crippen LogP contribution in [0.2, 0.25) is 0 Å². The lowest BCUT2D eigenvalue weighted by molar-refractivity contribution is -0.116. The van der Waals surface area contributed by atoms with Crippen molar-refractivity contribution in [3.63, 3.8) is 0 Å². The molecule has 0 aliphatic carbocycles. The largest absolute Gasteiger partial charge is 0.377 e. The summed E-state index contributed by atoms with van der Waals surface area (Å²) in [4.78, 5) is 17.5. The summed E-state index contributed by atoms with van der Waals surface area (Å²) < 4.78 is 5.66. The summed E-state index contributed by atoms with van der Waals surface area (Å²) in [5.41, 5.74) is 2.41. The van der Waals surface area contributed by atoms with E-state index in [0.29, 0.717) is 17.9 Å². The predicted octanol–water partition coefficient (Wildman–Crippen LogP) is 2.91. The second-order valence-electron chi connectivity index (χ2n) is 7.05. The molecule has 2 fully saturated rings. The third-order valence-corrected chi connectivity index (χ3v) is 6.46. The Morgan fingerprint density at radius 3 is 3.04 bits per heavy atom. The molecule has 1 aromatic carbocycles.